The molecule has 0 unspecified atom stereocenters. The topological polar surface area (TPSA) is 84.7 Å². The molecule has 0 aliphatic carbocycles. The van der Waals surface area contributed by atoms with Crippen LogP contribution in [-0.2, 0) is 4.79 Å². The molecule has 6 nitrogen and oxygen atoms in total. The fraction of sp³-hybridized carbons (Fsp3) is 0.300. The number of nitrogens with zero attached hydrogens (tertiary/aromatic N) is 1. The molecule has 2 aromatic rings. The minimum atomic E-state index is -0.530. The molecule has 1 aliphatic heterocycles. The SMILES string of the molecule is CNC(=O)[C@@H]1C[C@H](N)CN1C(=O)c1cccc(-c2ccccc2OC)c1. The molecule has 2 atom stereocenters. The standard InChI is InChI=1S/C20H23N3O3/c1-22-19(24)17-11-15(21)12-23(17)20(25)14-7-5-6-13(10-14)16-8-3-4-9-18(16)26-2/h3-10,15,17H,11-12,21H2,1-2H3,(H,22,24)/t15-,17-/m0/s1. The van der Waals surface area contributed by atoms with Gasteiger partial charge in [-0.2, -0.15) is 0 Å². The van der Waals surface area contributed by atoms with Crippen molar-refractivity contribution in [3.05, 3.63) is 54.1 Å². The molecule has 1 fully saturated rings. The normalized spacial score (nSPS) is 19.3. The second kappa shape index (κ2) is 7.58. The first-order valence-electron chi connectivity index (χ1n) is 8.56. The monoisotopic (exact) mass is 353 g/mol. The van der Waals surface area contributed by atoms with Gasteiger partial charge >= 0.3 is 0 Å². The lowest BCUT2D eigenvalue weighted by atomic mass is 10.0. The van der Waals surface area contributed by atoms with Crippen LogP contribution >= 0.6 is 0 Å². The van der Waals surface area contributed by atoms with Gasteiger partial charge in [-0.05, 0) is 30.2 Å². The van der Waals surface area contributed by atoms with Gasteiger partial charge in [0.15, 0.2) is 0 Å². The Morgan fingerprint density at radius 1 is 1.19 bits per heavy atom. The summed E-state index contributed by atoms with van der Waals surface area (Å²) in [5, 5.41) is 2.61. The predicted octanol–water partition coefficient (Wildman–Crippen LogP) is 1.65. The highest BCUT2D eigenvalue weighted by Gasteiger charge is 2.38. The largest absolute Gasteiger partial charge is 0.496 e. The Hall–Kier alpha value is -2.86. The summed E-state index contributed by atoms with van der Waals surface area (Å²) in [6.07, 6.45) is 0.470. The van der Waals surface area contributed by atoms with Crippen molar-refractivity contribution in [2.75, 3.05) is 20.7 Å². The van der Waals surface area contributed by atoms with Gasteiger partial charge in [0.25, 0.3) is 5.91 Å². The fourth-order valence-corrected chi connectivity index (χ4v) is 3.38. The van der Waals surface area contributed by atoms with Gasteiger partial charge in [0.05, 0.1) is 7.11 Å². The van der Waals surface area contributed by atoms with Gasteiger partial charge in [0.1, 0.15) is 11.8 Å². The first-order chi connectivity index (χ1) is 12.5. The summed E-state index contributed by atoms with van der Waals surface area (Å²) < 4.78 is 5.41. The molecular weight excluding hydrogens is 330 g/mol. The van der Waals surface area contributed by atoms with E-state index >= 15 is 0 Å². The lowest BCUT2D eigenvalue weighted by Gasteiger charge is -2.23. The zero-order valence-electron chi connectivity index (χ0n) is 14.9. The van der Waals surface area contributed by atoms with Crippen LogP contribution in [0.15, 0.2) is 48.5 Å². The van der Waals surface area contributed by atoms with Crippen molar-refractivity contribution in [3.63, 3.8) is 0 Å². The Morgan fingerprint density at radius 3 is 2.69 bits per heavy atom. The van der Waals surface area contributed by atoms with Crippen molar-refractivity contribution in [1.82, 2.24) is 10.2 Å². The zero-order valence-corrected chi connectivity index (χ0v) is 14.9. The highest BCUT2D eigenvalue weighted by atomic mass is 16.5. The Balaban J connectivity index is 1.92. The van der Waals surface area contributed by atoms with Gasteiger partial charge in [-0.15, -0.1) is 0 Å². The summed E-state index contributed by atoms with van der Waals surface area (Å²) in [4.78, 5) is 26.7. The molecule has 0 bridgehead atoms. The van der Waals surface area contributed by atoms with E-state index in [1.165, 1.54) is 0 Å². The molecule has 3 rings (SSSR count). The van der Waals surface area contributed by atoms with Crippen molar-refractivity contribution in [2.45, 2.75) is 18.5 Å². The number of nitrogens with one attached hydrogen (secondary N) is 1. The molecule has 0 saturated carbocycles. The number of para-hydroxylation sites is 1. The van der Waals surface area contributed by atoms with Gasteiger partial charge < -0.3 is 20.7 Å². The number of ether oxygens (including phenoxy) is 1. The van der Waals surface area contributed by atoms with E-state index in [1.54, 1.807) is 25.1 Å². The van der Waals surface area contributed by atoms with Crippen LogP contribution in [0.2, 0.25) is 0 Å². The highest BCUT2D eigenvalue weighted by Crippen LogP contribution is 2.30. The number of carbonyl (C=O) groups excluding carboxylic acids is 2. The molecule has 136 valence electrons. The number of likely N-dealkylation sites (tertiary alicyclic amines) is 1. The van der Waals surface area contributed by atoms with Crippen molar-refractivity contribution in [1.29, 1.82) is 0 Å². The Kier molecular flexibility index (Phi) is 5.23. The molecule has 6 heteroatoms. The number of likely N-dealkylation sites (N-methyl/N-ethyl adjacent to an activating group) is 1. The first kappa shape index (κ1) is 17.9. The van der Waals surface area contributed by atoms with Crippen molar-refractivity contribution < 1.29 is 14.3 Å². The predicted molar refractivity (Wildman–Crippen MR) is 99.9 cm³/mol. The second-order valence-electron chi connectivity index (χ2n) is 6.36. The van der Waals surface area contributed by atoms with Gasteiger partial charge in [-0.25, -0.2) is 0 Å². The lowest BCUT2D eigenvalue weighted by Crippen LogP contribution is -2.45. The number of methoxy groups -OCH3 is 1. The van der Waals surface area contributed by atoms with E-state index in [4.69, 9.17) is 10.5 Å². The number of rotatable bonds is 4. The maximum Gasteiger partial charge on any atom is 0.254 e. The van der Waals surface area contributed by atoms with Crippen LogP contribution in [0.25, 0.3) is 11.1 Å². The summed E-state index contributed by atoms with van der Waals surface area (Å²) in [6.45, 7) is 0.371. The third-order valence-electron chi connectivity index (χ3n) is 4.67. The molecule has 2 aromatic carbocycles. The van der Waals surface area contributed by atoms with E-state index in [0.29, 0.717) is 18.5 Å². The van der Waals surface area contributed by atoms with Crippen molar-refractivity contribution in [2.24, 2.45) is 5.73 Å². The van der Waals surface area contributed by atoms with Crippen LogP contribution in [0, 0.1) is 0 Å². The zero-order chi connectivity index (χ0) is 18.7. The molecule has 0 spiro atoms. The average Bonchev–Trinajstić information content (AvgIpc) is 3.08. The maximum atomic E-state index is 13.0. The molecule has 3 N–H and O–H groups in total. The van der Waals surface area contributed by atoms with Crippen LogP contribution in [0.1, 0.15) is 16.8 Å². The molecule has 1 aliphatic rings. The van der Waals surface area contributed by atoms with E-state index in [2.05, 4.69) is 5.32 Å². The number of amides is 2. The minimum Gasteiger partial charge on any atom is -0.496 e. The summed E-state index contributed by atoms with van der Waals surface area (Å²) >= 11 is 0. The maximum absolute atomic E-state index is 13.0. The fourth-order valence-electron chi connectivity index (χ4n) is 3.38. The van der Waals surface area contributed by atoms with E-state index < -0.39 is 6.04 Å². The summed E-state index contributed by atoms with van der Waals surface area (Å²) in [5.74, 6) is 0.360. The molecular formula is C20H23N3O3. The molecule has 1 heterocycles. The number of hydrogen-bond donors (Lipinski definition) is 2. The molecule has 0 radical (unpaired) electrons. The van der Waals surface area contributed by atoms with Crippen LogP contribution in [0.4, 0.5) is 0 Å². The molecule has 0 aromatic heterocycles. The molecule has 26 heavy (non-hydrogen) atoms. The average molecular weight is 353 g/mol. The smallest absolute Gasteiger partial charge is 0.254 e. The minimum absolute atomic E-state index is 0.188. The Bertz CT molecular complexity index is 821. The number of hydrogen-bond acceptors (Lipinski definition) is 4. The molecule has 1 saturated heterocycles. The number of nitrogens with two attached hydrogens (primary N) is 1. The van der Waals surface area contributed by atoms with Crippen LogP contribution in [0.3, 0.4) is 0 Å². The second-order valence-corrected chi connectivity index (χ2v) is 6.36. The third kappa shape index (κ3) is 3.41. The quantitative estimate of drug-likeness (QED) is 0.875. The van der Waals surface area contributed by atoms with Crippen LogP contribution in [-0.4, -0.2) is 49.5 Å². The third-order valence-corrected chi connectivity index (χ3v) is 4.67. The summed E-state index contributed by atoms with van der Waals surface area (Å²) in [5.41, 5.74) is 8.31. The van der Waals surface area contributed by atoms with E-state index in [0.717, 1.165) is 16.9 Å². The van der Waals surface area contributed by atoms with E-state index in [-0.39, 0.29) is 17.9 Å². The highest BCUT2D eigenvalue weighted by molar-refractivity contribution is 5.99. The summed E-state index contributed by atoms with van der Waals surface area (Å²) in [6, 6.07) is 14.3. The van der Waals surface area contributed by atoms with Gasteiger partial charge in [0, 0.05) is 30.8 Å². The number of benzene rings is 2. The molecule has 2 amide bonds. The van der Waals surface area contributed by atoms with Crippen LogP contribution < -0.4 is 15.8 Å². The van der Waals surface area contributed by atoms with Gasteiger partial charge in [-0.1, -0.05) is 30.3 Å². The first-order valence-corrected chi connectivity index (χ1v) is 8.56. The van der Waals surface area contributed by atoms with Gasteiger partial charge in [-0.3, -0.25) is 9.59 Å². The Morgan fingerprint density at radius 2 is 1.96 bits per heavy atom. The number of carbonyl (C=O) groups is 2. The van der Waals surface area contributed by atoms with E-state index in [9.17, 15) is 9.59 Å². The Labute approximate surface area is 152 Å². The van der Waals surface area contributed by atoms with Crippen molar-refractivity contribution in [3.8, 4) is 16.9 Å². The van der Waals surface area contributed by atoms with Gasteiger partial charge in [0.2, 0.25) is 5.91 Å². The van der Waals surface area contributed by atoms with Crippen molar-refractivity contribution >= 4 is 11.8 Å². The lowest BCUT2D eigenvalue weighted by molar-refractivity contribution is -0.124. The van der Waals surface area contributed by atoms with Crippen LogP contribution in [0.5, 0.6) is 5.75 Å². The van der Waals surface area contributed by atoms with E-state index in [1.807, 2.05) is 42.5 Å². The summed E-state index contributed by atoms with van der Waals surface area (Å²) in [7, 11) is 3.19.